The summed E-state index contributed by atoms with van der Waals surface area (Å²) in [6.07, 6.45) is 2.03. The van der Waals surface area contributed by atoms with Gasteiger partial charge in [0.25, 0.3) is 0 Å². The summed E-state index contributed by atoms with van der Waals surface area (Å²) in [7, 11) is 1.92. The Kier molecular flexibility index (Phi) is 4.54. The molecule has 0 fully saturated rings. The summed E-state index contributed by atoms with van der Waals surface area (Å²) in [5, 5.41) is 17.0. The summed E-state index contributed by atoms with van der Waals surface area (Å²) >= 11 is 0. The van der Waals surface area contributed by atoms with E-state index in [1.165, 1.54) is 0 Å². The molecule has 2 aromatic rings. The van der Waals surface area contributed by atoms with E-state index in [1.54, 1.807) is 0 Å². The van der Waals surface area contributed by atoms with Gasteiger partial charge in [-0.25, -0.2) is 0 Å². The van der Waals surface area contributed by atoms with Crippen LogP contribution in [0.2, 0.25) is 0 Å². The van der Waals surface area contributed by atoms with E-state index in [9.17, 15) is 0 Å². The average molecular weight is 268 g/mol. The lowest BCUT2D eigenvalue weighted by atomic mass is 10.1. The molecular formula is C16H20N4. The molecule has 1 N–H and O–H groups in total. The Labute approximate surface area is 120 Å². The SMILES string of the molecule is CC(C)CNCc1cn(C)nc1-c1cccc(C#N)c1. The standard InChI is InChI=1S/C16H20N4/c1-12(2)9-18-10-15-11-20(3)19-16(15)14-6-4-5-13(7-14)8-17/h4-7,11-12,18H,9-10H2,1-3H3. The Morgan fingerprint density at radius 1 is 1.40 bits per heavy atom. The number of nitriles is 1. The zero-order chi connectivity index (χ0) is 14.5. The highest BCUT2D eigenvalue weighted by Crippen LogP contribution is 2.22. The number of hydrogen-bond acceptors (Lipinski definition) is 3. The van der Waals surface area contributed by atoms with Crippen molar-refractivity contribution >= 4 is 0 Å². The van der Waals surface area contributed by atoms with Gasteiger partial charge >= 0.3 is 0 Å². The lowest BCUT2D eigenvalue weighted by molar-refractivity contribution is 0.552. The van der Waals surface area contributed by atoms with Crippen molar-refractivity contribution in [1.29, 1.82) is 5.26 Å². The Bertz CT molecular complexity index is 620. The fourth-order valence-electron chi connectivity index (χ4n) is 2.14. The zero-order valence-corrected chi connectivity index (χ0v) is 12.2. The molecule has 20 heavy (non-hydrogen) atoms. The largest absolute Gasteiger partial charge is 0.312 e. The number of hydrogen-bond donors (Lipinski definition) is 1. The summed E-state index contributed by atoms with van der Waals surface area (Å²) in [5.74, 6) is 0.622. The zero-order valence-electron chi connectivity index (χ0n) is 12.2. The van der Waals surface area contributed by atoms with E-state index < -0.39 is 0 Å². The lowest BCUT2D eigenvalue weighted by Gasteiger charge is -2.07. The van der Waals surface area contributed by atoms with Gasteiger partial charge in [0, 0.05) is 30.9 Å². The molecule has 1 aromatic heterocycles. The van der Waals surface area contributed by atoms with Crippen molar-refractivity contribution in [1.82, 2.24) is 15.1 Å². The van der Waals surface area contributed by atoms with E-state index >= 15 is 0 Å². The fraction of sp³-hybridized carbons (Fsp3) is 0.375. The first-order valence-electron chi connectivity index (χ1n) is 6.84. The summed E-state index contributed by atoms with van der Waals surface area (Å²) in [6, 6.07) is 9.76. The number of aromatic nitrogens is 2. The van der Waals surface area contributed by atoms with E-state index in [0.29, 0.717) is 11.5 Å². The number of nitrogens with zero attached hydrogens (tertiary/aromatic N) is 3. The molecule has 0 unspecified atom stereocenters. The van der Waals surface area contributed by atoms with Gasteiger partial charge in [-0.3, -0.25) is 4.68 Å². The Morgan fingerprint density at radius 3 is 2.90 bits per heavy atom. The highest BCUT2D eigenvalue weighted by molar-refractivity contribution is 5.64. The molecule has 0 amide bonds. The highest BCUT2D eigenvalue weighted by atomic mass is 15.3. The third kappa shape index (κ3) is 3.46. The molecule has 0 spiro atoms. The van der Waals surface area contributed by atoms with E-state index in [-0.39, 0.29) is 0 Å². The van der Waals surface area contributed by atoms with E-state index in [2.05, 4.69) is 30.3 Å². The fourth-order valence-corrected chi connectivity index (χ4v) is 2.14. The molecule has 0 radical (unpaired) electrons. The van der Waals surface area contributed by atoms with Crippen LogP contribution in [0.1, 0.15) is 25.0 Å². The number of benzene rings is 1. The van der Waals surface area contributed by atoms with E-state index in [4.69, 9.17) is 5.26 Å². The van der Waals surface area contributed by atoms with Crippen LogP contribution in [-0.4, -0.2) is 16.3 Å². The van der Waals surface area contributed by atoms with Gasteiger partial charge in [0.15, 0.2) is 0 Å². The molecule has 1 heterocycles. The van der Waals surface area contributed by atoms with Gasteiger partial charge in [-0.1, -0.05) is 26.0 Å². The first kappa shape index (κ1) is 14.3. The third-order valence-corrected chi connectivity index (χ3v) is 3.04. The minimum absolute atomic E-state index is 0.622. The van der Waals surface area contributed by atoms with Crippen molar-refractivity contribution in [2.24, 2.45) is 13.0 Å². The maximum atomic E-state index is 9.00. The topological polar surface area (TPSA) is 53.6 Å². The van der Waals surface area contributed by atoms with Crippen molar-refractivity contribution in [3.63, 3.8) is 0 Å². The summed E-state index contributed by atoms with van der Waals surface area (Å²) in [4.78, 5) is 0. The van der Waals surface area contributed by atoms with Gasteiger partial charge in [0.1, 0.15) is 0 Å². The van der Waals surface area contributed by atoms with Gasteiger partial charge in [-0.2, -0.15) is 10.4 Å². The second-order valence-electron chi connectivity index (χ2n) is 5.39. The summed E-state index contributed by atoms with van der Waals surface area (Å²) < 4.78 is 1.82. The van der Waals surface area contributed by atoms with Gasteiger partial charge < -0.3 is 5.32 Å². The molecule has 0 saturated carbocycles. The van der Waals surface area contributed by atoms with Crippen LogP contribution in [0.4, 0.5) is 0 Å². The second kappa shape index (κ2) is 6.36. The molecule has 0 aliphatic heterocycles. The monoisotopic (exact) mass is 268 g/mol. The number of rotatable bonds is 5. The predicted molar refractivity (Wildman–Crippen MR) is 79.9 cm³/mol. The predicted octanol–water partition coefficient (Wildman–Crippen LogP) is 2.70. The molecule has 0 aliphatic rings. The minimum atomic E-state index is 0.622. The van der Waals surface area contributed by atoms with Crippen LogP contribution in [-0.2, 0) is 13.6 Å². The molecule has 1 aromatic carbocycles. The molecule has 4 heteroatoms. The first-order valence-corrected chi connectivity index (χ1v) is 6.84. The average Bonchev–Trinajstić information content (AvgIpc) is 2.79. The third-order valence-electron chi connectivity index (χ3n) is 3.04. The van der Waals surface area contributed by atoms with Crippen molar-refractivity contribution in [2.45, 2.75) is 20.4 Å². The lowest BCUT2D eigenvalue weighted by Crippen LogP contribution is -2.19. The summed E-state index contributed by atoms with van der Waals surface area (Å²) in [6.45, 7) is 6.14. The van der Waals surface area contributed by atoms with E-state index in [1.807, 2.05) is 42.2 Å². The molecular weight excluding hydrogens is 248 g/mol. The molecule has 0 atom stereocenters. The van der Waals surface area contributed by atoms with Crippen LogP contribution in [0.5, 0.6) is 0 Å². The van der Waals surface area contributed by atoms with Gasteiger partial charge in [-0.05, 0) is 24.6 Å². The van der Waals surface area contributed by atoms with Crippen molar-refractivity contribution < 1.29 is 0 Å². The van der Waals surface area contributed by atoms with Crippen LogP contribution in [0, 0.1) is 17.2 Å². The number of aryl methyl sites for hydroxylation is 1. The van der Waals surface area contributed by atoms with Gasteiger partial charge in [0.05, 0.1) is 17.3 Å². The van der Waals surface area contributed by atoms with Crippen molar-refractivity contribution in [2.75, 3.05) is 6.54 Å². The number of nitrogens with one attached hydrogen (secondary N) is 1. The molecule has 0 aliphatic carbocycles. The Balaban J connectivity index is 2.25. The van der Waals surface area contributed by atoms with E-state index in [0.717, 1.165) is 29.9 Å². The maximum absolute atomic E-state index is 9.00. The Hall–Kier alpha value is -2.12. The molecule has 0 bridgehead atoms. The van der Waals surface area contributed by atoms with Crippen LogP contribution in [0.25, 0.3) is 11.3 Å². The molecule has 0 saturated heterocycles. The quantitative estimate of drug-likeness (QED) is 0.907. The second-order valence-corrected chi connectivity index (χ2v) is 5.39. The minimum Gasteiger partial charge on any atom is -0.312 e. The normalized spacial score (nSPS) is 10.8. The van der Waals surface area contributed by atoms with Crippen molar-refractivity contribution in [3.8, 4) is 17.3 Å². The van der Waals surface area contributed by atoms with Crippen molar-refractivity contribution in [3.05, 3.63) is 41.6 Å². The van der Waals surface area contributed by atoms with Crippen LogP contribution >= 0.6 is 0 Å². The Morgan fingerprint density at radius 2 is 2.20 bits per heavy atom. The highest BCUT2D eigenvalue weighted by Gasteiger charge is 2.10. The van der Waals surface area contributed by atoms with Crippen LogP contribution in [0.3, 0.4) is 0 Å². The molecule has 104 valence electrons. The molecule has 2 rings (SSSR count). The van der Waals surface area contributed by atoms with Crippen LogP contribution < -0.4 is 5.32 Å². The smallest absolute Gasteiger partial charge is 0.0991 e. The summed E-state index contributed by atoms with van der Waals surface area (Å²) in [5.41, 5.74) is 3.75. The van der Waals surface area contributed by atoms with Crippen LogP contribution in [0.15, 0.2) is 30.5 Å². The molecule has 4 nitrogen and oxygen atoms in total. The first-order chi connectivity index (χ1) is 9.60. The van der Waals surface area contributed by atoms with Gasteiger partial charge in [0.2, 0.25) is 0 Å². The maximum Gasteiger partial charge on any atom is 0.0991 e. The van der Waals surface area contributed by atoms with Gasteiger partial charge in [-0.15, -0.1) is 0 Å².